The summed E-state index contributed by atoms with van der Waals surface area (Å²) in [5, 5.41) is 3.27. The molecule has 0 radical (unpaired) electrons. The van der Waals surface area contributed by atoms with Crippen LogP contribution in [0.4, 0.5) is 0 Å². The van der Waals surface area contributed by atoms with E-state index in [-0.39, 0.29) is 23.8 Å². The Morgan fingerprint density at radius 3 is 3.00 bits per heavy atom. The van der Waals surface area contributed by atoms with Gasteiger partial charge in [-0.25, -0.2) is 0 Å². The average molecular weight is 192 g/mol. The summed E-state index contributed by atoms with van der Waals surface area (Å²) in [6.45, 7) is 1.96. The van der Waals surface area contributed by atoms with E-state index in [2.05, 4.69) is 5.32 Å². The molecule has 0 bridgehead atoms. The first-order valence-electron chi connectivity index (χ1n) is 4.09. The summed E-state index contributed by atoms with van der Waals surface area (Å²) < 4.78 is 4.77. The van der Waals surface area contributed by atoms with Crippen LogP contribution >= 0.6 is 12.4 Å². The number of fused-ring (bicyclic) bond motifs is 1. The predicted octanol–water partition coefficient (Wildman–Crippen LogP) is 0.581. The van der Waals surface area contributed by atoms with Crippen LogP contribution in [0.15, 0.2) is 0 Å². The van der Waals surface area contributed by atoms with Crippen LogP contribution < -0.4 is 5.32 Å². The van der Waals surface area contributed by atoms with Crippen molar-refractivity contribution in [3.8, 4) is 0 Å². The molecular formula is C8H14ClNO2. The Kier molecular flexibility index (Phi) is 2.64. The molecule has 2 atom stereocenters. The van der Waals surface area contributed by atoms with Crippen LogP contribution in [0.5, 0.6) is 0 Å². The Balaban J connectivity index is 0.000000720. The molecule has 0 aromatic heterocycles. The fourth-order valence-electron chi connectivity index (χ4n) is 2.10. The van der Waals surface area contributed by atoms with Crippen molar-refractivity contribution in [1.29, 1.82) is 0 Å². The molecule has 2 aliphatic rings. The minimum atomic E-state index is -0.0694. The first-order chi connectivity index (χ1) is 5.29. The molecule has 3 nitrogen and oxygen atoms in total. The maximum Gasteiger partial charge on any atom is 0.312 e. The Morgan fingerprint density at radius 2 is 2.42 bits per heavy atom. The lowest BCUT2D eigenvalue weighted by Crippen LogP contribution is -2.34. The third-order valence-electron chi connectivity index (χ3n) is 2.96. The number of piperidine rings is 1. The van der Waals surface area contributed by atoms with Crippen LogP contribution in [0.1, 0.15) is 12.8 Å². The summed E-state index contributed by atoms with van der Waals surface area (Å²) in [4.78, 5) is 11.3. The zero-order chi connectivity index (χ0) is 7.90. The van der Waals surface area contributed by atoms with Crippen molar-refractivity contribution in [2.45, 2.75) is 12.8 Å². The van der Waals surface area contributed by atoms with E-state index in [1.807, 2.05) is 0 Å². The Bertz CT molecular complexity index is 197. The second-order valence-corrected chi connectivity index (χ2v) is 3.50. The van der Waals surface area contributed by atoms with Crippen LogP contribution in [-0.4, -0.2) is 26.2 Å². The maximum atomic E-state index is 11.3. The van der Waals surface area contributed by atoms with Crippen LogP contribution in [-0.2, 0) is 9.53 Å². The van der Waals surface area contributed by atoms with Crippen molar-refractivity contribution >= 4 is 18.4 Å². The second-order valence-electron chi connectivity index (χ2n) is 3.50. The van der Waals surface area contributed by atoms with Gasteiger partial charge in [-0.05, 0) is 31.8 Å². The molecule has 1 aliphatic heterocycles. The predicted molar refractivity (Wildman–Crippen MR) is 47.3 cm³/mol. The number of carbonyl (C=O) groups excluding carboxylic acids is 1. The van der Waals surface area contributed by atoms with E-state index in [9.17, 15) is 4.79 Å². The van der Waals surface area contributed by atoms with Crippen molar-refractivity contribution in [3.05, 3.63) is 0 Å². The van der Waals surface area contributed by atoms with E-state index in [0.29, 0.717) is 5.92 Å². The third kappa shape index (κ3) is 1.21. The number of methoxy groups -OCH3 is 1. The van der Waals surface area contributed by atoms with Gasteiger partial charge in [0.25, 0.3) is 0 Å². The number of carbonyl (C=O) groups is 1. The van der Waals surface area contributed by atoms with Gasteiger partial charge in [0.1, 0.15) is 0 Å². The summed E-state index contributed by atoms with van der Waals surface area (Å²) in [5.41, 5.74) is -0.0694. The van der Waals surface area contributed by atoms with Gasteiger partial charge >= 0.3 is 5.97 Å². The molecule has 1 N–H and O–H groups in total. The number of ether oxygens (including phenoxy) is 1. The maximum absolute atomic E-state index is 11.3. The molecular weight excluding hydrogens is 178 g/mol. The first kappa shape index (κ1) is 9.81. The highest BCUT2D eigenvalue weighted by Gasteiger charge is 2.61. The summed E-state index contributed by atoms with van der Waals surface area (Å²) in [6, 6.07) is 0. The molecule has 1 saturated carbocycles. The van der Waals surface area contributed by atoms with Gasteiger partial charge in [-0.1, -0.05) is 0 Å². The Hall–Kier alpha value is -0.280. The molecule has 70 valence electrons. The van der Waals surface area contributed by atoms with Gasteiger partial charge in [0.15, 0.2) is 0 Å². The fraction of sp³-hybridized carbons (Fsp3) is 0.875. The lowest BCUT2D eigenvalue weighted by molar-refractivity contribution is -0.148. The van der Waals surface area contributed by atoms with E-state index < -0.39 is 0 Å². The first-order valence-corrected chi connectivity index (χ1v) is 4.09. The average Bonchev–Trinajstić information content (AvgIpc) is 2.78. The molecule has 0 amide bonds. The number of hydrogen-bond acceptors (Lipinski definition) is 3. The van der Waals surface area contributed by atoms with E-state index in [0.717, 1.165) is 25.9 Å². The quantitative estimate of drug-likeness (QED) is 0.617. The van der Waals surface area contributed by atoms with Crippen molar-refractivity contribution in [3.63, 3.8) is 0 Å². The number of esters is 1. The SMILES string of the molecule is COC(=O)[C@]12CCNC[C@H]1C2.Cl. The minimum absolute atomic E-state index is 0. The van der Waals surface area contributed by atoms with Crippen LogP contribution in [0.2, 0.25) is 0 Å². The fourth-order valence-corrected chi connectivity index (χ4v) is 2.10. The van der Waals surface area contributed by atoms with Gasteiger partial charge < -0.3 is 10.1 Å². The zero-order valence-electron chi connectivity index (χ0n) is 7.13. The number of nitrogens with one attached hydrogen (secondary N) is 1. The monoisotopic (exact) mass is 191 g/mol. The van der Waals surface area contributed by atoms with Crippen LogP contribution in [0.25, 0.3) is 0 Å². The summed E-state index contributed by atoms with van der Waals surface area (Å²) in [7, 11) is 1.48. The molecule has 12 heavy (non-hydrogen) atoms. The molecule has 1 heterocycles. The number of halogens is 1. The van der Waals surface area contributed by atoms with Gasteiger partial charge in [0.2, 0.25) is 0 Å². The molecule has 4 heteroatoms. The van der Waals surface area contributed by atoms with E-state index in [1.165, 1.54) is 7.11 Å². The molecule has 2 rings (SSSR count). The van der Waals surface area contributed by atoms with Crippen molar-refractivity contribution in [2.75, 3.05) is 20.2 Å². The van der Waals surface area contributed by atoms with Gasteiger partial charge in [-0.2, -0.15) is 0 Å². The highest BCUT2D eigenvalue weighted by Crippen LogP contribution is 2.56. The van der Waals surface area contributed by atoms with Crippen LogP contribution in [0, 0.1) is 11.3 Å². The molecule has 1 saturated heterocycles. The largest absolute Gasteiger partial charge is 0.469 e. The van der Waals surface area contributed by atoms with Crippen molar-refractivity contribution < 1.29 is 9.53 Å². The Labute approximate surface area is 78.3 Å². The Morgan fingerprint density at radius 1 is 1.67 bits per heavy atom. The molecule has 0 spiro atoms. The minimum Gasteiger partial charge on any atom is -0.469 e. The zero-order valence-corrected chi connectivity index (χ0v) is 7.95. The summed E-state index contributed by atoms with van der Waals surface area (Å²) in [5.74, 6) is 0.563. The lowest BCUT2D eigenvalue weighted by atomic mass is 9.97. The normalized spacial score (nSPS) is 37.6. The smallest absolute Gasteiger partial charge is 0.312 e. The summed E-state index contributed by atoms with van der Waals surface area (Å²) in [6.07, 6.45) is 2.00. The number of rotatable bonds is 1. The van der Waals surface area contributed by atoms with Gasteiger partial charge in [0.05, 0.1) is 12.5 Å². The van der Waals surface area contributed by atoms with Gasteiger partial charge in [-0.15, -0.1) is 12.4 Å². The third-order valence-corrected chi connectivity index (χ3v) is 2.96. The number of hydrogen-bond donors (Lipinski definition) is 1. The molecule has 2 fully saturated rings. The molecule has 0 unspecified atom stereocenters. The van der Waals surface area contributed by atoms with Crippen molar-refractivity contribution in [1.82, 2.24) is 5.32 Å². The molecule has 0 aromatic carbocycles. The van der Waals surface area contributed by atoms with Crippen molar-refractivity contribution in [2.24, 2.45) is 11.3 Å². The highest BCUT2D eigenvalue weighted by molar-refractivity contribution is 5.85. The van der Waals surface area contributed by atoms with Gasteiger partial charge in [0, 0.05) is 0 Å². The molecule has 1 aliphatic carbocycles. The molecule has 0 aromatic rings. The van der Waals surface area contributed by atoms with E-state index in [1.54, 1.807) is 0 Å². The van der Waals surface area contributed by atoms with Crippen LogP contribution in [0.3, 0.4) is 0 Å². The second kappa shape index (κ2) is 3.23. The standard InChI is InChI=1S/C8H13NO2.ClH/c1-11-7(10)8-2-3-9-5-6(8)4-8;/h6,9H,2-5H2,1H3;1H/t6-,8+;/m1./s1. The topological polar surface area (TPSA) is 38.3 Å². The van der Waals surface area contributed by atoms with E-state index >= 15 is 0 Å². The highest BCUT2D eigenvalue weighted by atomic mass is 35.5. The van der Waals surface area contributed by atoms with E-state index in [4.69, 9.17) is 4.74 Å². The lowest BCUT2D eigenvalue weighted by Gasteiger charge is -2.19. The van der Waals surface area contributed by atoms with Gasteiger partial charge in [-0.3, -0.25) is 4.79 Å². The summed E-state index contributed by atoms with van der Waals surface area (Å²) >= 11 is 0.